The van der Waals surface area contributed by atoms with Crippen LogP contribution in [-0.4, -0.2) is 6.04 Å². The Balaban J connectivity index is 2.02. The first-order chi connectivity index (χ1) is 9.33. The third-order valence-corrected chi connectivity index (χ3v) is 3.76. The number of rotatable bonds is 3. The van der Waals surface area contributed by atoms with Crippen molar-refractivity contribution in [1.29, 1.82) is 10.5 Å². The largest absolute Gasteiger partial charge is 0.295 e. The van der Waals surface area contributed by atoms with Gasteiger partial charge in [-0.2, -0.15) is 10.5 Å². The van der Waals surface area contributed by atoms with Gasteiger partial charge in [0, 0.05) is 6.04 Å². The molecule has 98 valence electrons. The Hall–Kier alpha value is -1.84. The molecule has 1 saturated carbocycles. The van der Waals surface area contributed by atoms with Crippen LogP contribution in [0.2, 0.25) is 0 Å². The average Bonchev–Trinajstić information content (AvgIpc) is 2.73. The third kappa shape index (κ3) is 3.81. The molecule has 0 aliphatic heterocycles. The van der Waals surface area contributed by atoms with Gasteiger partial charge in [0.15, 0.2) is 0 Å². The number of nitriles is 2. The normalized spacial score (nSPS) is 18.0. The predicted molar refractivity (Wildman–Crippen MR) is 74.1 cm³/mol. The van der Waals surface area contributed by atoms with Crippen molar-refractivity contribution in [2.45, 2.75) is 50.6 Å². The molecule has 1 fully saturated rings. The van der Waals surface area contributed by atoms with Gasteiger partial charge in [0.1, 0.15) is 6.04 Å². The smallest absolute Gasteiger partial charge is 0.121 e. The number of hydrogen-bond donors (Lipinski definition) is 1. The fourth-order valence-electron chi connectivity index (χ4n) is 2.64. The first kappa shape index (κ1) is 13.6. The summed E-state index contributed by atoms with van der Waals surface area (Å²) in [5, 5.41) is 21.6. The minimum atomic E-state index is -0.268. The van der Waals surface area contributed by atoms with E-state index in [9.17, 15) is 5.26 Å². The molecular formula is C16H19N3. The van der Waals surface area contributed by atoms with Crippen LogP contribution in [0, 0.1) is 22.7 Å². The quantitative estimate of drug-likeness (QED) is 0.839. The average molecular weight is 253 g/mol. The molecule has 0 radical (unpaired) electrons. The van der Waals surface area contributed by atoms with E-state index in [4.69, 9.17) is 5.26 Å². The van der Waals surface area contributed by atoms with E-state index < -0.39 is 0 Å². The molecule has 0 aromatic heterocycles. The minimum Gasteiger partial charge on any atom is -0.295 e. The Labute approximate surface area is 114 Å². The van der Waals surface area contributed by atoms with E-state index in [0.29, 0.717) is 11.6 Å². The van der Waals surface area contributed by atoms with E-state index >= 15 is 0 Å². The van der Waals surface area contributed by atoms with Gasteiger partial charge >= 0.3 is 0 Å². The van der Waals surface area contributed by atoms with Crippen molar-refractivity contribution in [1.82, 2.24) is 5.32 Å². The summed E-state index contributed by atoms with van der Waals surface area (Å²) in [6.07, 6.45) is 7.45. The molecule has 1 aromatic rings. The lowest BCUT2D eigenvalue weighted by atomic mass is 10.0. The SMILES string of the molecule is N#Cc1ccc(C(C#N)NC2CCCCCC2)cc1. The molecule has 2 rings (SSSR count). The number of benzene rings is 1. The third-order valence-electron chi connectivity index (χ3n) is 3.76. The lowest BCUT2D eigenvalue weighted by molar-refractivity contribution is 0.436. The van der Waals surface area contributed by atoms with Crippen molar-refractivity contribution in [3.8, 4) is 12.1 Å². The summed E-state index contributed by atoms with van der Waals surface area (Å²) < 4.78 is 0. The zero-order valence-corrected chi connectivity index (χ0v) is 11.1. The fourth-order valence-corrected chi connectivity index (χ4v) is 2.64. The maximum atomic E-state index is 9.33. The minimum absolute atomic E-state index is 0.268. The highest BCUT2D eigenvalue weighted by molar-refractivity contribution is 5.34. The van der Waals surface area contributed by atoms with Gasteiger partial charge in [-0.3, -0.25) is 5.32 Å². The van der Waals surface area contributed by atoms with Gasteiger partial charge in [-0.05, 0) is 30.5 Å². The molecule has 0 saturated heterocycles. The van der Waals surface area contributed by atoms with E-state index in [1.807, 2.05) is 12.1 Å². The highest BCUT2D eigenvalue weighted by atomic mass is 14.9. The number of hydrogen-bond acceptors (Lipinski definition) is 3. The van der Waals surface area contributed by atoms with E-state index in [-0.39, 0.29) is 6.04 Å². The summed E-state index contributed by atoms with van der Waals surface area (Å²) >= 11 is 0. The van der Waals surface area contributed by atoms with Crippen LogP contribution in [0.25, 0.3) is 0 Å². The van der Waals surface area contributed by atoms with Gasteiger partial charge in [-0.15, -0.1) is 0 Å². The lowest BCUT2D eigenvalue weighted by Crippen LogP contribution is -2.31. The molecule has 0 amide bonds. The highest BCUT2D eigenvalue weighted by Crippen LogP contribution is 2.21. The molecule has 1 aliphatic carbocycles. The molecule has 3 heteroatoms. The van der Waals surface area contributed by atoms with Crippen LogP contribution < -0.4 is 5.32 Å². The van der Waals surface area contributed by atoms with Crippen LogP contribution in [0.15, 0.2) is 24.3 Å². The maximum absolute atomic E-state index is 9.33. The Morgan fingerprint density at radius 1 is 1.00 bits per heavy atom. The van der Waals surface area contributed by atoms with Gasteiger partial charge in [0.25, 0.3) is 0 Å². The summed E-state index contributed by atoms with van der Waals surface area (Å²) in [4.78, 5) is 0. The van der Waals surface area contributed by atoms with Gasteiger partial charge in [0.05, 0.1) is 17.7 Å². The van der Waals surface area contributed by atoms with E-state index in [2.05, 4.69) is 17.5 Å². The maximum Gasteiger partial charge on any atom is 0.121 e. The molecule has 19 heavy (non-hydrogen) atoms. The highest BCUT2D eigenvalue weighted by Gasteiger charge is 2.17. The van der Waals surface area contributed by atoms with Crippen LogP contribution in [-0.2, 0) is 0 Å². The number of nitrogens with zero attached hydrogens (tertiary/aromatic N) is 2. The second kappa shape index (κ2) is 6.92. The first-order valence-electron chi connectivity index (χ1n) is 6.99. The van der Waals surface area contributed by atoms with Crippen LogP contribution in [0.1, 0.15) is 55.7 Å². The van der Waals surface area contributed by atoms with Crippen LogP contribution in [0.4, 0.5) is 0 Å². The van der Waals surface area contributed by atoms with E-state index in [0.717, 1.165) is 18.4 Å². The first-order valence-corrected chi connectivity index (χ1v) is 6.99. The molecular weight excluding hydrogens is 234 g/mol. The summed E-state index contributed by atoms with van der Waals surface area (Å²) in [5.41, 5.74) is 1.58. The molecule has 1 atom stereocenters. The fraction of sp³-hybridized carbons (Fsp3) is 0.500. The molecule has 1 unspecified atom stereocenters. The summed E-state index contributed by atoms with van der Waals surface area (Å²) in [6, 6.07) is 11.9. The van der Waals surface area contributed by atoms with Crippen molar-refractivity contribution < 1.29 is 0 Å². The van der Waals surface area contributed by atoms with Gasteiger partial charge in [-0.25, -0.2) is 0 Å². The molecule has 0 spiro atoms. The van der Waals surface area contributed by atoms with Crippen molar-refractivity contribution in [2.24, 2.45) is 0 Å². The molecule has 1 aromatic carbocycles. The van der Waals surface area contributed by atoms with Crippen molar-refractivity contribution in [2.75, 3.05) is 0 Å². The van der Waals surface area contributed by atoms with E-state index in [1.165, 1.54) is 25.7 Å². The van der Waals surface area contributed by atoms with Gasteiger partial charge in [-0.1, -0.05) is 37.8 Å². The second-order valence-electron chi connectivity index (χ2n) is 5.15. The Morgan fingerprint density at radius 3 is 2.16 bits per heavy atom. The molecule has 0 bridgehead atoms. The molecule has 1 N–H and O–H groups in total. The zero-order valence-electron chi connectivity index (χ0n) is 11.1. The van der Waals surface area contributed by atoms with Crippen molar-refractivity contribution in [3.63, 3.8) is 0 Å². The Morgan fingerprint density at radius 2 is 1.63 bits per heavy atom. The monoisotopic (exact) mass is 253 g/mol. The second-order valence-corrected chi connectivity index (χ2v) is 5.15. The van der Waals surface area contributed by atoms with E-state index in [1.54, 1.807) is 12.1 Å². The Kier molecular flexibility index (Phi) is 4.95. The molecule has 1 aliphatic rings. The Bertz CT molecular complexity index is 470. The number of nitrogens with one attached hydrogen (secondary N) is 1. The van der Waals surface area contributed by atoms with Crippen LogP contribution in [0.5, 0.6) is 0 Å². The summed E-state index contributed by atoms with van der Waals surface area (Å²) in [6.45, 7) is 0. The van der Waals surface area contributed by atoms with Crippen molar-refractivity contribution >= 4 is 0 Å². The summed E-state index contributed by atoms with van der Waals surface area (Å²) in [5.74, 6) is 0. The zero-order chi connectivity index (χ0) is 13.5. The van der Waals surface area contributed by atoms with Crippen molar-refractivity contribution in [3.05, 3.63) is 35.4 Å². The molecule has 3 nitrogen and oxygen atoms in total. The summed E-state index contributed by atoms with van der Waals surface area (Å²) in [7, 11) is 0. The van der Waals surface area contributed by atoms with Gasteiger partial charge in [0.2, 0.25) is 0 Å². The predicted octanol–water partition coefficient (Wildman–Crippen LogP) is 3.44. The van der Waals surface area contributed by atoms with Crippen LogP contribution in [0.3, 0.4) is 0 Å². The van der Waals surface area contributed by atoms with Gasteiger partial charge < -0.3 is 0 Å². The molecule has 0 heterocycles. The van der Waals surface area contributed by atoms with Crippen LogP contribution >= 0.6 is 0 Å². The standard InChI is InChI=1S/C16H19N3/c17-11-13-7-9-14(10-8-13)16(12-18)19-15-5-3-1-2-4-6-15/h7-10,15-16,19H,1-6H2. The lowest BCUT2D eigenvalue weighted by Gasteiger charge is -2.20. The topological polar surface area (TPSA) is 59.6 Å².